The molecule has 22 heavy (non-hydrogen) atoms. The minimum absolute atomic E-state index is 0.242. The van der Waals surface area contributed by atoms with E-state index < -0.39 is 5.54 Å². The highest BCUT2D eigenvalue weighted by Gasteiger charge is 2.45. The van der Waals surface area contributed by atoms with Crippen LogP contribution in [0.15, 0.2) is 30.5 Å². The van der Waals surface area contributed by atoms with Crippen LogP contribution >= 0.6 is 11.6 Å². The highest BCUT2D eigenvalue weighted by atomic mass is 35.5. The molecule has 0 saturated heterocycles. The Hall–Kier alpha value is -2.32. The molecule has 1 aromatic heterocycles. The van der Waals surface area contributed by atoms with Crippen molar-refractivity contribution in [2.75, 3.05) is 0 Å². The van der Waals surface area contributed by atoms with Crippen molar-refractivity contribution in [3.63, 3.8) is 0 Å². The molecule has 112 valence electrons. The Labute approximate surface area is 133 Å². The standard InChI is InChI=1S/C16H15ClN4O/c1-11-14(15(22)19-16(10-18)5-6-16)9-21(20-11)8-12-3-2-4-13(17)7-12/h2-4,7,9H,5-6,8H2,1H3,(H,19,22). The molecule has 0 atom stereocenters. The van der Waals surface area contributed by atoms with Gasteiger partial charge in [0.1, 0.15) is 5.54 Å². The molecule has 1 aliphatic carbocycles. The zero-order valence-electron chi connectivity index (χ0n) is 12.1. The first-order valence-corrected chi connectivity index (χ1v) is 7.41. The van der Waals surface area contributed by atoms with Gasteiger partial charge in [-0.15, -0.1) is 0 Å². The Bertz CT molecular complexity index is 771. The van der Waals surface area contributed by atoms with Crippen LogP contribution < -0.4 is 5.32 Å². The summed E-state index contributed by atoms with van der Waals surface area (Å²) in [4.78, 5) is 12.3. The number of aromatic nitrogens is 2. The highest BCUT2D eigenvalue weighted by Crippen LogP contribution is 2.34. The lowest BCUT2D eigenvalue weighted by Crippen LogP contribution is -2.35. The number of rotatable bonds is 4. The predicted molar refractivity (Wildman–Crippen MR) is 82.6 cm³/mol. The fraction of sp³-hybridized carbons (Fsp3) is 0.312. The largest absolute Gasteiger partial charge is 0.334 e. The smallest absolute Gasteiger partial charge is 0.255 e. The maximum Gasteiger partial charge on any atom is 0.255 e. The van der Waals surface area contributed by atoms with E-state index in [9.17, 15) is 4.79 Å². The molecule has 2 aromatic rings. The van der Waals surface area contributed by atoms with Crippen molar-refractivity contribution in [2.45, 2.75) is 31.8 Å². The van der Waals surface area contributed by atoms with Crippen molar-refractivity contribution < 1.29 is 4.79 Å². The second-order valence-electron chi connectivity index (χ2n) is 5.60. The summed E-state index contributed by atoms with van der Waals surface area (Å²) >= 11 is 5.97. The summed E-state index contributed by atoms with van der Waals surface area (Å²) in [7, 11) is 0. The number of carbonyl (C=O) groups excluding carboxylic acids is 1. The fourth-order valence-electron chi connectivity index (χ4n) is 2.32. The van der Waals surface area contributed by atoms with Gasteiger partial charge in [0, 0.05) is 11.2 Å². The van der Waals surface area contributed by atoms with Gasteiger partial charge in [0.25, 0.3) is 5.91 Å². The van der Waals surface area contributed by atoms with Gasteiger partial charge >= 0.3 is 0 Å². The van der Waals surface area contributed by atoms with Crippen LogP contribution in [0.1, 0.15) is 34.5 Å². The van der Waals surface area contributed by atoms with Gasteiger partial charge in [0.15, 0.2) is 0 Å². The van der Waals surface area contributed by atoms with Crippen molar-refractivity contribution in [1.29, 1.82) is 5.26 Å². The summed E-state index contributed by atoms with van der Waals surface area (Å²) < 4.78 is 1.71. The molecule has 5 nitrogen and oxygen atoms in total. The number of nitriles is 1. The third kappa shape index (κ3) is 2.97. The van der Waals surface area contributed by atoms with E-state index in [-0.39, 0.29) is 5.91 Å². The van der Waals surface area contributed by atoms with Crippen molar-refractivity contribution in [2.24, 2.45) is 0 Å². The third-order valence-corrected chi connectivity index (χ3v) is 3.98. The molecule has 6 heteroatoms. The lowest BCUT2D eigenvalue weighted by Gasteiger charge is -2.07. The van der Waals surface area contributed by atoms with Crippen molar-refractivity contribution >= 4 is 17.5 Å². The van der Waals surface area contributed by atoms with Gasteiger partial charge in [0.2, 0.25) is 0 Å². The van der Waals surface area contributed by atoms with Crippen LogP contribution in [0.4, 0.5) is 0 Å². The number of hydrogen-bond acceptors (Lipinski definition) is 3. The number of nitrogens with zero attached hydrogens (tertiary/aromatic N) is 3. The monoisotopic (exact) mass is 314 g/mol. The van der Waals surface area contributed by atoms with E-state index >= 15 is 0 Å². The van der Waals surface area contributed by atoms with Gasteiger partial charge in [-0.3, -0.25) is 9.48 Å². The number of aryl methyl sites for hydroxylation is 1. The number of hydrogen-bond donors (Lipinski definition) is 1. The van der Waals surface area contributed by atoms with Gasteiger partial charge in [-0.05, 0) is 37.5 Å². The van der Waals surface area contributed by atoms with E-state index in [0.29, 0.717) is 35.7 Å². The van der Waals surface area contributed by atoms with Crippen LogP contribution in [0, 0.1) is 18.3 Å². The molecule has 1 amide bonds. The summed E-state index contributed by atoms with van der Waals surface area (Å²) in [6, 6.07) is 9.67. The third-order valence-electron chi connectivity index (χ3n) is 3.74. The Morgan fingerprint density at radius 2 is 2.32 bits per heavy atom. The lowest BCUT2D eigenvalue weighted by molar-refractivity contribution is 0.0941. The van der Waals surface area contributed by atoms with Crippen LogP contribution in [-0.2, 0) is 6.54 Å². The Morgan fingerprint density at radius 1 is 1.55 bits per heavy atom. The van der Waals surface area contributed by atoms with Gasteiger partial charge in [-0.2, -0.15) is 10.4 Å². The first-order chi connectivity index (χ1) is 10.5. The predicted octanol–water partition coefficient (Wildman–Crippen LogP) is 2.68. The lowest BCUT2D eigenvalue weighted by atomic mass is 10.2. The number of halogens is 1. The molecule has 1 fully saturated rings. The summed E-state index contributed by atoms with van der Waals surface area (Å²) in [6.45, 7) is 2.33. The average molecular weight is 315 g/mol. The molecule has 1 aliphatic rings. The molecule has 1 saturated carbocycles. The van der Waals surface area contributed by atoms with Crippen LogP contribution in [0.5, 0.6) is 0 Å². The number of amides is 1. The molecule has 1 N–H and O–H groups in total. The number of nitrogens with one attached hydrogen (secondary N) is 1. The van der Waals surface area contributed by atoms with Crippen LogP contribution in [-0.4, -0.2) is 21.2 Å². The molecule has 0 unspecified atom stereocenters. The first kappa shape index (κ1) is 14.6. The maximum absolute atomic E-state index is 12.3. The van der Waals surface area contributed by atoms with Crippen molar-refractivity contribution in [3.8, 4) is 6.07 Å². The minimum atomic E-state index is -0.668. The number of benzene rings is 1. The second-order valence-corrected chi connectivity index (χ2v) is 6.04. The minimum Gasteiger partial charge on any atom is -0.334 e. The van der Waals surface area contributed by atoms with Gasteiger partial charge < -0.3 is 5.32 Å². The summed E-state index contributed by atoms with van der Waals surface area (Å²) in [6.07, 6.45) is 3.13. The SMILES string of the molecule is Cc1nn(Cc2cccc(Cl)c2)cc1C(=O)NC1(C#N)CC1. The first-order valence-electron chi connectivity index (χ1n) is 7.04. The molecule has 0 bridgehead atoms. The molecule has 0 spiro atoms. The zero-order chi connectivity index (χ0) is 15.7. The van der Waals surface area contributed by atoms with Crippen molar-refractivity contribution in [3.05, 3.63) is 52.3 Å². The van der Waals surface area contributed by atoms with Crippen LogP contribution in [0.3, 0.4) is 0 Å². The Kier molecular flexibility index (Phi) is 3.63. The fourth-order valence-corrected chi connectivity index (χ4v) is 2.53. The molecule has 0 radical (unpaired) electrons. The average Bonchev–Trinajstić information content (AvgIpc) is 3.15. The van der Waals surface area contributed by atoms with Crippen molar-refractivity contribution in [1.82, 2.24) is 15.1 Å². The van der Waals surface area contributed by atoms with E-state index in [1.54, 1.807) is 17.8 Å². The quantitative estimate of drug-likeness (QED) is 0.943. The Balaban J connectivity index is 1.76. The van der Waals surface area contributed by atoms with Crippen LogP contribution in [0.25, 0.3) is 0 Å². The van der Waals surface area contributed by atoms with Crippen LogP contribution in [0.2, 0.25) is 5.02 Å². The summed E-state index contributed by atoms with van der Waals surface area (Å²) in [5.41, 5.74) is 1.49. The van der Waals surface area contributed by atoms with E-state index in [0.717, 1.165) is 5.56 Å². The topological polar surface area (TPSA) is 70.7 Å². The highest BCUT2D eigenvalue weighted by molar-refractivity contribution is 6.30. The summed E-state index contributed by atoms with van der Waals surface area (Å²) in [5, 5.41) is 16.9. The molecule has 0 aliphatic heterocycles. The Morgan fingerprint density at radius 3 is 2.95 bits per heavy atom. The molecular weight excluding hydrogens is 300 g/mol. The van der Waals surface area contributed by atoms with E-state index in [4.69, 9.17) is 16.9 Å². The molecule has 3 rings (SSSR count). The zero-order valence-corrected chi connectivity index (χ0v) is 12.9. The molecular formula is C16H15ClN4O. The summed E-state index contributed by atoms with van der Waals surface area (Å²) in [5.74, 6) is -0.242. The molecule has 1 aromatic carbocycles. The van der Waals surface area contributed by atoms with E-state index in [1.807, 2.05) is 24.3 Å². The molecule has 1 heterocycles. The normalized spacial score (nSPS) is 15.1. The van der Waals surface area contributed by atoms with E-state index in [1.165, 1.54) is 0 Å². The second kappa shape index (κ2) is 5.47. The van der Waals surface area contributed by atoms with Gasteiger partial charge in [-0.1, -0.05) is 23.7 Å². The van der Waals surface area contributed by atoms with Gasteiger partial charge in [-0.25, -0.2) is 0 Å². The number of carbonyl (C=O) groups is 1. The van der Waals surface area contributed by atoms with Gasteiger partial charge in [0.05, 0.1) is 23.9 Å². The van der Waals surface area contributed by atoms with E-state index in [2.05, 4.69) is 16.5 Å². The maximum atomic E-state index is 12.3.